The molecule has 0 aromatic carbocycles. The largest absolute Gasteiger partial charge is 0.411 e. The summed E-state index contributed by atoms with van der Waals surface area (Å²) in [6.45, 7) is 0.252. The molecule has 0 bridgehead atoms. The van der Waals surface area contributed by atoms with Crippen LogP contribution in [0.1, 0.15) is 6.92 Å². The van der Waals surface area contributed by atoms with Gasteiger partial charge in [0, 0.05) is 5.33 Å². The second kappa shape index (κ2) is 4.67. The molecule has 0 N–H and O–H groups in total. The van der Waals surface area contributed by atoms with E-state index in [0.29, 0.717) is 0 Å². The molecule has 0 amide bonds. The second-order valence-electron chi connectivity index (χ2n) is 2.62. The van der Waals surface area contributed by atoms with E-state index in [1.54, 1.807) is 0 Å². The monoisotopic (exact) mass is 268 g/mol. The molecule has 0 aliphatic rings. The summed E-state index contributed by atoms with van der Waals surface area (Å²) in [5, 5.41) is 0.277. The van der Waals surface area contributed by atoms with Gasteiger partial charge in [0.25, 0.3) is 0 Å². The van der Waals surface area contributed by atoms with E-state index < -0.39 is 18.4 Å². The third kappa shape index (κ3) is 5.22. The van der Waals surface area contributed by atoms with Crippen LogP contribution in [0.3, 0.4) is 0 Å². The Morgan fingerprint density at radius 1 is 1.42 bits per heavy atom. The lowest BCUT2D eigenvalue weighted by Gasteiger charge is -2.25. The van der Waals surface area contributed by atoms with E-state index in [4.69, 9.17) is 11.6 Å². The van der Waals surface area contributed by atoms with Crippen molar-refractivity contribution in [2.45, 2.75) is 18.7 Å². The first kappa shape index (κ1) is 12.5. The lowest BCUT2D eigenvalue weighted by atomic mass is 10.2. The Hall–Kier alpha value is 0.520. The van der Waals surface area contributed by atoms with Gasteiger partial charge in [-0.25, -0.2) is 0 Å². The maximum Gasteiger partial charge on any atom is 0.411 e. The van der Waals surface area contributed by atoms with Gasteiger partial charge in [-0.15, -0.1) is 11.6 Å². The van der Waals surface area contributed by atoms with Gasteiger partial charge in [0.1, 0.15) is 6.61 Å². The third-order valence-electron chi connectivity index (χ3n) is 1.15. The standard InChI is InChI=1S/C6H9BrClF3O/c1-5(2-7,3-8)12-4-6(9,10)11/h2-4H2,1H3. The van der Waals surface area contributed by atoms with Crippen molar-refractivity contribution in [2.75, 3.05) is 17.8 Å². The summed E-state index contributed by atoms with van der Waals surface area (Å²) in [7, 11) is 0. The van der Waals surface area contributed by atoms with Crippen molar-refractivity contribution < 1.29 is 17.9 Å². The van der Waals surface area contributed by atoms with Gasteiger partial charge in [0.15, 0.2) is 0 Å². The topological polar surface area (TPSA) is 9.23 Å². The molecular formula is C6H9BrClF3O. The Bertz CT molecular complexity index is 135. The molecule has 0 saturated heterocycles. The number of ether oxygens (including phenoxy) is 1. The van der Waals surface area contributed by atoms with Crippen molar-refractivity contribution in [3.05, 3.63) is 0 Å². The number of hydrogen-bond acceptors (Lipinski definition) is 1. The van der Waals surface area contributed by atoms with E-state index in [1.165, 1.54) is 6.92 Å². The minimum atomic E-state index is -4.30. The minimum absolute atomic E-state index is 0.0222. The van der Waals surface area contributed by atoms with Crippen LogP contribution in [0, 0.1) is 0 Å². The van der Waals surface area contributed by atoms with Crippen molar-refractivity contribution in [2.24, 2.45) is 0 Å². The average Bonchev–Trinajstić information content (AvgIpc) is 1.99. The molecule has 0 aromatic heterocycles. The lowest BCUT2D eigenvalue weighted by Crippen LogP contribution is -2.36. The van der Waals surface area contributed by atoms with E-state index in [0.717, 1.165) is 0 Å². The van der Waals surface area contributed by atoms with Crippen molar-refractivity contribution in [1.82, 2.24) is 0 Å². The van der Waals surface area contributed by atoms with Gasteiger partial charge in [0.05, 0.1) is 11.5 Å². The summed E-state index contributed by atoms with van der Waals surface area (Å²) in [6.07, 6.45) is -4.30. The first-order valence-corrected chi connectivity index (χ1v) is 4.81. The molecule has 0 aliphatic heterocycles. The highest BCUT2D eigenvalue weighted by Gasteiger charge is 2.33. The Morgan fingerprint density at radius 3 is 2.17 bits per heavy atom. The highest BCUT2D eigenvalue weighted by atomic mass is 79.9. The molecule has 0 aliphatic carbocycles. The summed E-state index contributed by atoms with van der Waals surface area (Å²) in [5.41, 5.74) is -0.947. The zero-order chi connectivity index (χ0) is 9.83. The van der Waals surface area contributed by atoms with Gasteiger partial charge in [-0.05, 0) is 6.92 Å². The summed E-state index contributed by atoms with van der Waals surface area (Å²) >= 11 is 8.44. The zero-order valence-corrected chi connectivity index (χ0v) is 8.76. The van der Waals surface area contributed by atoms with Crippen LogP contribution < -0.4 is 0 Å². The first-order valence-electron chi connectivity index (χ1n) is 3.15. The van der Waals surface area contributed by atoms with Crippen LogP contribution in [-0.2, 0) is 4.74 Å². The Balaban J connectivity index is 3.89. The number of rotatable bonds is 4. The molecule has 1 nitrogen and oxygen atoms in total. The number of hydrogen-bond donors (Lipinski definition) is 0. The number of halogens is 5. The SMILES string of the molecule is CC(CCl)(CBr)OCC(F)(F)F. The quantitative estimate of drug-likeness (QED) is 0.713. The van der Waals surface area contributed by atoms with Crippen molar-refractivity contribution >= 4 is 27.5 Å². The molecule has 1 atom stereocenters. The first-order chi connectivity index (χ1) is 5.33. The molecule has 0 heterocycles. The molecule has 12 heavy (non-hydrogen) atoms. The maximum absolute atomic E-state index is 11.7. The summed E-state index contributed by atoms with van der Waals surface area (Å²) in [4.78, 5) is 0. The van der Waals surface area contributed by atoms with Gasteiger partial charge in [0.2, 0.25) is 0 Å². The van der Waals surface area contributed by atoms with Crippen LogP contribution >= 0.6 is 27.5 Å². The Labute approximate surface area is 82.3 Å². The highest BCUT2D eigenvalue weighted by Crippen LogP contribution is 2.21. The second-order valence-corrected chi connectivity index (χ2v) is 3.45. The summed E-state index contributed by atoms with van der Waals surface area (Å²) in [6, 6.07) is 0. The van der Waals surface area contributed by atoms with Crippen LogP contribution in [0.4, 0.5) is 13.2 Å². The fraction of sp³-hybridized carbons (Fsp3) is 1.00. The van der Waals surface area contributed by atoms with Crippen LogP contribution in [0.15, 0.2) is 0 Å². The van der Waals surface area contributed by atoms with Crippen LogP contribution in [0.25, 0.3) is 0 Å². The van der Waals surface area contributed by atoms with E-state index in [-0.39, 0.29) is 11.2 Å². The molecule has 0 aromatic rings. The lowest BCUT2D eigenvalue weighted by molar-refractivity contribution is -0.195. The molecule has 0 radical (unpaired) electrons. The van der Waals surface area contributed by atoms with Gasteiger partial charge in [-0.3, -0.25) is 0 Å². The molecule has 0 fully saturated rings. The van der Waals surface area contributed by atoms with Crippen molar-refractivity contribution in [3.63, 3.8) is 0 Å². The molecule has 74 valence electrons. The Kier molecular flexibility index (Phi) is 4.87. The smallest absolute Gasteiger partial charge is 0.364 e. The molecule has 0 spiro atoms. The summed E-state index contributed by atoms with van der Waals surface area (Å²) < 4.78 is 39.6. The molecule has 1 unspecified atom stereocenters. The normalized spacial score (nSPS) is 17.5. The maximum atomic E-state index is 11.7. The van der Waals surface area contributed by atoms with Gasteiger partial charge in [-0.2, -0.15) is 13.2 Å². The third-order valence-corrected chi connectivity index (χ3v) is 2.90. The van der Waals surface area contributed by atoms with Gasteiger partial charge < -0.3 is 4.74 Å². The van der Waals surface area contributed by atoms with Crippen LogP contribution in [0.5, 0.6) is 0 Å². The van der Waals surface area contributed by atoms with Crippen molar-refractivity contribution in [1.29, 1.82) is 0 Å². The van der Waals surface area contributed by atoms with E-state index in [1.807, 2.05) is 0 Å². The minimum Gasteiger partial charge on any atom is -0.364 e. The van der Waals surface area contributed by atoms with Crippen LogP contribution in [0.2, 0.25) is 0 Å². The van der Waals surface area contributed by atoms with Crippen LogP contribution in [-0.4, -0.2) is 29.6 Å². The number of alkyl halides is 5. The highest BCUT2D eigenvalue weighted by molar-refractivity contribution is 9.09. The van der Waals surface area contributed by atoms with E-state index in [2.05, 4.69) is 20.7 Å². The zero-order valence-electron chi connectivity index (χ0n) is 6.42. The van der Waals surface area contributed by atoms with Crippen molar-refractivity contribution in [3.8, 4) is 0 Å². The van der Waals surface area contributed by atoms with Gasteiger partial charge in [-0.1, -0.05) is 15.9 Å². The fourth-order valence-corrected chi connectivity index (χ4v) is 1.13. The fourth-order valence-electron chi connectivity index (χ4n) is 0.369. The van der Waals surface area contributed by atoms with Gasteiger partial charge >= 0.3 is 6.18 Å². The average molecular weight is 269 g/mol. The molecule has 0 rings (SSSR count). The van der Waals surface area contributed by atoms with E-state index >= 15 is 0 Å². The Morgan fingerprint density at radius 2 is 1.92 bits per heavy atom. The molecule has 6 heteroatoms. The molecule has 0 saturated carbocycles. The predicted octanol–water partition coefficient (Wildman–Crippen LogP) is 2.96. The predicted molar refractivity (Wildman–Crippen MR) is 44.9 cm³/mol. The summed E-state index contributed by atoms with van der Waals surface area (Å²) in [5.74, 6) is 0.0222. The molecular weight excluding hydrogens is 260 g/mol. The van der Waals surface area contributed by atoms with E-state index in [9.17, 15) is 13.2 Å².